The normalized spacial score (nSPS) is 14.0. The third-order valence-electron chi connectivity index (χ3n) is 21.4. The quantitative estimate of drug-likeness (QED) is 0.0438. The SMILES string of the molecule is Cc1ccc2c3ccc(C(C)(C)C)cc3n(-c3cc(C(C)CC(C)(C)C)cc(-c4cc(C)c5c(c4[OH+]CCC[OH+]c4c(-c6cc(C(C)(C)CC(C)(C)C)cc(-n7c8cc(C(C)(C)C)ccc8c8ccc(C(C)(C)C)cc87)c6CO)cc(C)c6c4CCC6)CCC5)c3CO)c2c1.[CH3-].[CH3-].[Hf]. The predicted molar refractivity (Wildman–Crippen MR) is 419 cm³/mol. The van der Waals surface area contributed by atoms with E-state index in [1.165, 1.54) is 88.3 Å². The molecule has 1 unspecified atom stereocenters. The maximum Gasteiger partial charge on any atom is 0.266 e. The Morgan fingerprint density at radius 2 is 0.816 bits per heavy atom. The van der Waals surface area contributed by atoms with Crippen LogP contribution in [-0.4, -0.2) is 42.0 Å². The first-order valence-corrected chi connectivity index (χ1v) is 35.9. The second-order valence-corrected chi connectivity index (χ2v) is 35.2. The molecule has 2 heterocycles. The van der Waals surface area contributed by atoms with Gasteiger partial charge in [-0.3, -0.25) is 0 Å². The first-order valence-electron chi connectivity index (χ1n) is 35.9. The number of hydrogen-bond acceptors (Lipinski definition) is 2. The van der Waals surface area contributed by atoms with Crippen molar-refractivity contribution >= 4 is 43.6 Å². The third-order valence-corrected chi connectivity index (χ3v) is 21.4. The summed E-state index contributed by atoms with van der Waals surface area (Å²) < 4.78 is 16.6. The summed E-state index contributed by atoms with van der Waals surface area (Å²) in [6.45, 7) is 49.9. The molecule has 520 valence electrons. The average Bonchev–Trinajstić information content (AvgIpc) is 1.51. The fourth-order valence-electron chi connectivity index (χ4n) is 16.9. The van der Waals surface area contributed by atoms with Crippen LogP contribution in [0.5, 0.6) is 11.5 Å². The molecule has 98 heavy (non-hydrogen) atoms. The zero-order chi connectivity index (χ0) is 68.4. The summed E-state index contributed by atoms with van der Waals surface area (Å²) in [6, 6.07) is 42.6. The van der Waals surface area contributed by atoms with Gasteiger partial charge in [0.05, 0.1) is 68.9 Å². The maximum atomic E-state index is 12.3. The molecule has 2 aliphatic rings. The minimum Gasteiger partial charge on any atom is -0.582 e. The van der Waals surface area contributed by atoms with Gasteiger partial charge in [-0.2, -0.15) is 0 Å². The number of fused-ring (bicyclic) bond motifs is 8. The monoisotopic (exact) mass is 1480 g/mol. The number of aromatic nitrogens is 2. The standard InChI is InChI=1S/C89H110N2O4.2CH3.Hf/c1-53-29-33-64-65-34-30-58(86(11,12)13)45-78(65)90(76(64)39-53)77-43-57(56(4)49-84(5,6)7)42-70(74(77)50-92)72-40-54(2)62-25-22-27-68(62)82(72)94-37-24-38-95-83-69-28-23-26-63(69)55(3)41-73(83)71-44-61(89(20,21)52-85(8,9)10)48-81(75(71)51-93)91-79-46-59(87(14,15)16)31-35-66(79)67-36-32-60(47-80(67)91)88(17,18)19;;;/h29-36,39-48,56,92-93H,22-28,37-38,49-52H2,1-21H3;2*1H3;/q;2*-1;/p+2. The Labute approximate surface area is 609 Å². The number of hydrogen-bond donors (Lipinski definition) is 2. The Morgan fingerprint density at radius 1 is 0.429 bits per heavy atom. The molecule has 0 fully saturated rings. The van der Waals surface area contributed by atoms with E-state index in [0.29, 0.717) is 13.2 Å². The van der Waals surface area contributed by atoms with Crippen molar-refractivity contribution in [3.63, 3.8) is 0 Å². The molecule has 12 rings (SSSR count). The molecule has 6 nitrogen and oxygen atoms in total. The van der Waals surface area contributed by atoms with E-state index < -0.39 is 0 Å². The first-order chi connectivity index (χ1) is 44.5. The van der Waals surface area contributed by atoms with E-state index in [1.54, 1.807) is 0 Å². The van der Waals surface area contributed by atoms with Crippen LogP contribution in [0.15, 0.2) is 109 Å². The van der Waals surface area contributed by atoms with E-state index in [4.69, 9.17) is 9.47 Å². The van der Waals surface area contributed by atoms with Crippen LogP contribution in [0.4, 0.5) is 0 Å². The Morgan fingerprint density at radius 3 is 1.21 bits per heavy atom. The van der Waals surface area contributed by atoms with Crippen LogP contribution in [0, 0.1) is 46.5 Å². The van der Waals surface area contributed by atoms with Crippen molar-refractivity contribution in [1.82, 2.24) is 9.13 Å². The van der Waals surface area contributed by atoms with Crippen LogP contribution in [0.25, 0.3) is 77.2 Å². The van der Waals surface area contributed by atoms with Gasteiger partial charge in [-0.15, -0.1) is 0 Å². The zero-order valence-corrected chi connectivity index (χ0v) is 67.9. The van der Waals surface area contributed by atoms with Gasteiger partial charge in [0.2, 0.25) is 0 Å². The molecule has 0 saturated heterocycles. The van der Waals surface area contributed by atoms with Gasteiger partial charge in [-0.05, 0) is 232 Å². The molecule has 0 radical (unpaired) electrons. The van der Waals surface area contributed by atoms with Crippen LogP contribution < -0.4 is 0 Å². The van der Waals surface area contributed by atoms with Crippen molar-refractivity contribution in [2.45, 2.75) is 244 Å². The molecule has 1 atom stereocenters. The number of aromatic hydroxyl groups is 2. The molecule has 4 N–H and O–H groups in total. The fraction of sp³-hybridized carbons (Fsp3) is 0.451. The summed E-state index contributed by atoms with van der Waals surface area (Å²) in [6.07, 6.45) is 9.04. The first kappa shape index (κ1) is 75.9. The van der Waals surface area contributed by atoms with E-state index in [0.717, 1.165) is 136 Å². The molecule has 7 heteroatoms. The van der Waals surface area contributed by atoms with Gasteiger partial charge < -0.3 is 43.7 Å². The summed E-state index contributed by atoms with van der Waals surface area (Å²) in [5.74, 6) is 2.41. The van der Waals surface area contributed by atoms with Gasteiger partial charge >= 0.3 is 0 Å². The number of aryl methyl sites for hydroxylation is 3. The number of nitrogens with zero attached hydrogens (tertiary/aromatic N) is 2. The van der Waals surface area contributed by atoms with E-state index >= 15 is 0 Å². The smallest absolute Gasteiger partial charge is 0.266 e. The minimum absolute atomic E-state index is 0. The van der Waals surface area contributed by atoms with Gasteiger partial charge in [0, 0.05) is 58.5 Å². The number of benzene rings is 8. The number of aliphatic hydroxyl groups excluding tert-OH is 2. The number of rotatable bonds is 16. The molecule has 0 amide bonds. The van der Waals surface area contributed by atoms with E-state index in [1.807, 2.05) is 0 Å². The third kappa shape index (κ3) is 14.5. The Balaban J connectivity index is 0.00000375. The number of ether oxygens (including phenoxy) is 2. The van der Waals surface area contributed by atoms with Gasteiger partial charge in [0.15, 0.2) is 13.2 Å². The molecule has 0 bridgehead atoms. The van der Waals surface area contributed by atoms with Crippen molar-refractivity contribution in [2.24, 2.45) is 10.8 Å². The molecule has 10 aromatic rings. The Bertz CT molecular complexity index is 4570. The average molecular weight is 1480 g/mol. The van der Waals surface area contributed by atoms with Crippen LogP contribution in [0.3, 0.4) is 0 Å². The van der Waals surface area contributed by atoms with Crippen molar-refractivity contribution in [1.29, 1.82) is 0 Å². The van der Waals surface area contributed by atoms with Gasteiger partial charge in [0.25, 0.3) is 11.5 Å². The molecular formula is C91H118HfN2O4. The summed E-state index contributed by atoms with van der Waals surface area (Å²) in [7, 11) is 0. The van der Waals surface area contributed by atoms with Crippen molar-refractivity contribution in [3.8, 4) is 45.1 Å². The summed E-state index contributed by atoms with van der Waals surface area (Å²) in [5.41, 5.74) is 28.5. The van der Waals surface area contributed by atoms with Crippen molar-refractivity contribution < 1.29 is 45.5 Å². The fourth-order valence-corrected chi connectivity index (χ4v) is 16.9. The Hall–Kier alpha value is -6.25. The van der Waals surface area contributed by atoms with E-state index in [9.17, 15) is 10.2 Å². The van der Waals surface area contributed by atoms with Gasteiger partial charge in [-0.25, -0.2) is 0 Å². The van der Waals surface area contributed by atoms with Gasteiger partial charge in [-0.1, -0.05) is 179 Å². The molecule has 0 aliphatic heterocycles. The molecule has 0 saturated carbocycles. The summed E-state index contributed by atoms with van der Waals surface area (Å²) in [4.78, 5) is 0. The second kappa shape index (κ2) is 27.9. The predicted octanol–water partition coefficient (Wildman–Crippen LogP) is 23.7. The van der Waals surface area contributed by atoms with Gasteiger partial charge in [0.1, 0.15) is 6.42 Å². The Kier molecular flexibility index (Phi) is 21.7. The molecule has 8 aromatic carbocycles. The van der Waals surface area contributed by atoms with E-state index in [-0.39, 0.29) is 92.3 Å². The minimum atomic E-state index is -0.215. The second-order valence-electron chi connectivity index (χ2n) is 35.2. The van der Waals surface area contributed by atoms with Crippen LogP contribution in [0.1, 0.15) is 241 Å². The summed E-state index contributed by atoms with van der Waals surface area (Å²) in [5, 5.41) is 29.3. The van der Waals surface area contributed by atoms with Crippen molar-refractivity contribution in [3.05, 3.63) is 202 Å². The maximum absolute atomic E-state index is 12.3. The van der Waals surface area contributed by atoms with Crippen LogP contribution >= 0.6 is 0 Å². The zero-order valence-electron chi connectivity index (χ0n) is 64.3. The van der Waals surface area contributed by atoms with Crippen molar-refractivity contribution in [2.75, 3.05) is 13.2 Å². The van der Waals surface area contributed by atoms with Crippen LogP contribution in [0.2, 0.25) is 0 Å². The molecule has 2 aromatic heterocycles. The summed E-state index contributed by atoms with van der Waals surface area (Å²) >= 11 is 0. The number of aliphatic hydroxyl groups is 4. The van der Waals surface area contributed by atoms with E-state index in [2.05, 4.69) is 264 Å². The van der Waals surface area contributed by atoms with Crippen LogP contribution in [-0.2, 0) is 86.4 Å². The largest absolute Gasteiger partial charge is 0.582 e. The molecule has 2 aliphatic carbocycles. The molecule has 0 spiro atoms. The topological polar surface area (TPSA) is 75.9 Å². The molecular weight excluding hydrogens is 1360 g/mol.